The van der Waals surface area contributed by atoms with Crippen molar-refractivity contribution in [1.29, 1.82) is 0 Å². The summed E-state index contributed by atoms with van der Waals surface area (Å²) in [7, 11) is 1.94. The Morgan fingerprint density at radius 1 is 1.52 bits per heavy atom. The Kier molecular flexibility index (Phi) is 5.34. The van der Waals surface area contributed by atoms with Crippen LogP contribution in [0, 0.1) is 12.8 Å². The van der Waals surface area contributed by atoms with Crippen LogP contribution in [0.25, 0.3) is 0 Å². The maximum absolute atomic E-state index is 12.1. The van der Waals surface area contributed by atoms with Crippen LogP contribution in [-0.4, -0.2) is 53.2 Å². The molecule has 128 valence electrons. The molecule has 1 aliphatic heterocycles. The van der Waals surface area contributed by atoms with Crippen LogP contribution in [0.4, 0.5) is 10.7 Å². The van der Waals surface area contributed by atoms with E-state index in [4.69, 9.17) is 16.3 Å². The zero-order valence-corrected chi connectivity index (χ0v) is 15.2. The molecule has 1 aliphatic rings. The number of likely N-dealkylation sites (tertiary alicyclic amines) is 1. The Labute approximate surface area is 142 Å². The molecule has 6 nitrogen and oxygen atoms in total. The van der Waals surface area contributed by atoms with E-state index in [2.05, 4.69) is 9.97 Å². The van der Waals surface area contributed by atoms with Crippen LogP contribution in [0.2, 0.25) is 5.15 Å². The number of carbonyl (C=O) groups excluding carboxylic acids is 1. The first-order valence-corrected chi connectivity index (χ1v) is 8.21. The maximum atomic E-state index is 12.1. The van der Waals surface area contributed by atoms with Crippen molar-refractivity contribution in [2.75, 3.05) is 31.6 Å². The van der Waals surface area contributed by atoms with E-state index in [9.17, 15) is 4.79 Å². The number of rotatable bonds is 3. The Morgan fingerprint density at radius 3 is 2.83 bits per heavy atom. The van der Waals surface area contributed by atoms with E-state index in [1.165, 1.54) is 0 Å². The van der Waals surface area contributed by atoms with Gasteiger partial charge in [-0.15, -0.1) is 0 Å². The molecule has 1 aromatic heterocycles. The van der Waals surface area contributed by atoms with Gasteiger partial charge in [-0.25, -0.2) is 14.8 Å². The fraction of sp³-hybridized carbons (Fsp3) is 0.688. The van der Waals surface area contributed by atoms with Gasteiger partial charge in [-0.1, -0.05) is 11.6 Å². The predicted molar refractivity (Wildman–Crippen MR) is 91.0 cm³/mol. The van der Waals surface area contributed by atoms with Gasteiger partial charge in [0.1, 0.15) is 10.8 Å². The van der Waals surface area contributed by atoms with Gasteiger partial charge < -0.3 is 14.5 Å². The molecule has 0 radical (unpaired) electrons. The lowest BCUT2D eigenvalue weighted by atomic mass is 10.1. The molecule has 0 bridgehead atoms. The van der Waals surface area contributed by atoms with Crippen molar-refractivity contribution in [1.82, 2.24) is 14.9 Å². The second-order valence-electron chi connectivity index (χ2n) is 7.11. The molecule has 0 aliphatic carbocycles. The number of carbonyl (C=O) groups is 1. The minimum absolute atomic E-state index is 0.239. The third kappa shape index (κ3) is 4.96. The highest BCUT2D eigenvalue weighted by molar-refractivity contribution is 6.30. The molecular formula is C16H25ClN4O2. The molecule has 0 aromatic carbocycles. The SMILES string of the molecule is Cc1cnc(N(C)C[C@H]2CCN(C(=O)OC(C)(C)C)C2)nc1Cl. The number of nitrogens with zero attached hydrogens (tertiary/aromatic N) is 4. The lowest BCUT2D eigenvalue weighted by Gasteiger charge is -2.25. The van der Waals surface area contributed by atoms with Gasteiger partial charge in [-0.3, -0.25) is 0 Å². The Bertz CT molecular complexity index is 574. The highest BCUT2D eigenvalue weighted by Gasteiger charge is 2.30. The number of ether oxygens (including phenoxy) is 1. The van der Waals surface area contributed by atoms with E-state index in [0.717, 1.165) is 25.1 Å². The van der Waals surface area contributed by atoms with Gasteiger partial charge in [0.25, 0.3) is 0 Å². The van der Waals surface area contributed by atoms with Crippen LogP contribution in [0.15, 0.2) is 6.20 Å². The third-order valence-electron chi connectivity index (χ3n) is 3.71. The lowest BCUT2D eigenvalue weighted by molar-refractivity contribution is 0.0288. The minimum atomic E-state index is -0.460. The van der Waals surface area contributed by atoms with Crippen molar-refractivity contribution in [3.63, 3.8) is 0 Å². The molecule has 1 atom stereocenters. The highest BCUT2D eigenvalue weighted by Crippen LogP contribution is 2.22. The first-order valence-electron chi connectivity index (χ1n) is 7.84. The second-order valence-corrected chi connectivity index (χ2v) is 7.46. The lowest BCUT2D eigenvalue weighted by Crippen LogP contribution is -2.36. The number of hydrogen-bond acceptors (Lipinski definition) is 5. The molecular weight excluding hydrogens is 316 g/mol. The van der Waals surface area contributed by atoms with Gasteiger partial charge in [0, 0.05) is 38.4 Å². The number of halogens is 1. The van der Waals surface area contributed by atoms with Gasteiger partial charge >= 0.3 is 6.09 Å². The summed E-state index contributed by atoms with van der Waals surface area (Å²) in [6.45, 7) is 9.71. The molecule has 1 fully saturated rings. The fourth-order valence-corrected chi connectivity index (χ4v) is 2.66. The Balaban J connectivity index is 1.89. The van der Waals surface area contributed by atoms with E-state index in [1.54, 1.807) is 11.1 Å². The van der Waals surface area contributed by atoms with Crippen molar-refractivity contribution in [2.24, 2.45) is 5.92 Å². The van der Waals surface area contributed by atoms with Gasteiger partial charge in [-0.2, -0.15) is 0 Å². The first-order chi connectivity index (χ1) is 10.7. The highest BCUT2D eigenvalue weighted by atomic mass is 35.5. The summed E-state index contributed by atoms with van der Waals surface area (Å²) in [6, 6.07) is 0. The number of aryl methyl sites for hydroxylation is 1. The molecule has 7 heteroatoms. The van der Waals surface area contributed by atoms with E-state index in [-0.39, 0.29) is 6.09 Å². The number of anilines is 1. The molecule has 2 rings (SSSR count). The quantitative estimate of drug-likeness (QED) is 0.791. The van der Waals surface area contributed by atoms with Crippen molar-refractivity contribution in [3.8, 4) is 0 Å². The number of aromatic nitrogens is 2. The van der Waals surface area contributed by atoms with Crippen LogP contribution >= 0.6 is 11.6 Å². The standard InChI is InChI=1S/C16H25ClN4O2/c1-11-8-18-14(19-13(11)17)20(5)9-12-6-7-21(10-12)15(22)23-16(2,3)4/h8,12H,6-7,9-10H2,1-5H3/t12-/m1/s1. The summed E-state index contributed by atoms with van der Waals surface area (Å²) in [5, 5.41) is 0.476. The molecule has 2 heterocycles. The monoisotopic (exact) mass is 340 g/mol. The minimum Gasteiger partial charge on any atom is -0.444 e. The van der Waals surface area contributed by atoms with Crippen LogP contribution in [0.5, 0.6) is 0 Å². The molecule has 0 unspecified atom stereocenters. The average molecular weight is 341 g/mol. The van der Waals surface area contributed by atoms with Gasteiger partial charge in [0.2, 0.25) is 5.95 Å². The van der Waals surface area contributed by atoms with E-state index < -0.39 is 5.60 Å². The fourth-order valence-electron chi connectivity index (χ4n) is 2.54. The third-order valence-corrected chi connectivity index (χ3v) is 4.09. The van der Waals surface area contributed by atoms with Crippen LogP contribution < -0.4 is 4.90 Å². The molecule has 1 aromatic rings. The molecule has 0 spiro atoms. The summed E-state index contributed by atoms with van der Waals surface area (Å²) < 4.78 is 5.42. The smallest absolute Gasteiger partial charge is 0.410 e. The van der Waals surface area contributed by atoms with E-state index in [0.29, 0.717) is 23.6 Å². The molecule has 0 N–H and O–H groups in total. The number of amides is 1. The average Bonchev–Trinajstić information content (AvgIpc) is 2.88. The second kappa shape index (κ2) is 6.91. The zero-order chi connectivity index (χ0) is 17.2. The Morgan fingerprint density at radius 2 is 2.22 bits per heavy atom. The van der Waals surface area contributed by atoms with E-state index in [1.807, 2.05) is 39.6 Å². The van der Waals surface area contributed by atoms with Crippen molar-refractivity contribution < 1.29 is 9.53 Å². The summed E-state index contributed by atoms with van der Waals surface area (Å²) >= 11 is 6.05. The molecule has 0 saturated carbocycles. The predicted octanol–water partition coefficient (Wildman–Crippen LogP) is 3.13. The Hall–Kier alpha value is -1.56. The summed E-state index contributed by atoms with van der Waals surface area (Å²) in [5.41, 5.74) is 0.402. The van der Waals surface area contributed by atoms with Gasteiger partial charge in [-0.05, 0) is 40.0 Å². The van der Waals surface area contributed by atoms with Crippen LogP contribution in [-0.2, 0) is 4.74 Å². The molecule has 1 saturated heterocycles. The van der Waals surface area contributed by atoms with Crippen LogP contribution in [0.3, 0.4) is 0 Å². The summed E-state index contributed by atoms with van der Waals surface area (Å²) in [6.07, 6.45) is 2.43. The zero-order valence-electron chi connectivity index (χ0n) is 14.5. The maximum Gasteiger partial charge on any atom is 0.410 e. The molecule has 23 heavy (non-hydrogen) atoms. The van der Waals surface area contributed by atoms with Gasteiger partial charge in [0.05, 0.1) is 0 Å². The largest absolute Gasteiger partial charge is 0.444 e. The van der Waals surface area contributed by atoms with Crippen LogP contribution in [0.1, 0.15) is 32.8 Å². The number of hydrogen-bond donors (Lipinski definition) is 0. The van der Waals surface area contributed by atoms with Gasteiger partial charge in [0.15, 0.2) is 0 Å². The van der Waals surface area contributed by atoms with Crippen molar-refractivity contribution >= 4 is 23.6 Å². The summed E-state index contributed by atoms with van der Waals surface area (Å²) in [5.74, 6) is 0.979. The van der Waals surface area contributed by atoms with Crippen molar-refractivity contribution in [3.05, 3.63) is 16.9 Å². The van der Waals surface area contributed by atoms with E-state index >= 15 is 0 Å². The van der Waals surface area contributed by atoms with Crippen molar-refractivity contribution in [2.45, 2.75) is 39.7 Å². The normalized spacial score (nSPS) is 18.2. The molecule has 1 amide bonds. The summed E-state index contributed by atoms with van der Waals surface area (Å²) in [4.78, 5) is 24.4. The topological polar surface area (TPSA) is 58.6 Å². The first kappa shape index (κ1) is 17.8.